The highest BCUT2D eigenvalue weighted by molar-refractivity contribution is 6.22. The maximum atomic E-state index is 15.0. The highest BCUT2D eigenvalue weighted by Gasteiger charge is 2.21. The number of aliphatic hydroxyl groups is 1. The lowest BCUT2D eigenvalue weighted by Crippen LogP contribution is -2.07. The molecule has 0 amide bonds. The first-order valence-corrected chi connectivity index (χ1v) is 10.6. The van der Waals surface area contributed by atoms with Gasteiger partial charge in [0.05, 0.1) is 34.1 Å². The first-order chi connectivity index (χ1) is 16.2. The number of carboxylic acids is 1. The number of pyridine rings is 2. The molecule has 0 aliphatic heterocycles. The molecule has 0 aliphatic rings. The molecular formula is C26H23FN4O3. The molecule has 7 nitrogen and oxygen atoms in total. The van der Waals surface area contributed by atoms with Gasteiger partial charge in [-0.1, -0.05) is 12.1 Å². The lowest BCUT2D eigenvalue weighted by molar-refractivity contribution is 0.0696. The lowest BCUT2D eigenvalue weighted by atomic mass is 10.0. The Bertz CT molecular complexity index is 1450. The second-order valence-electron chi connectivity index (χ2n) is 8.06. The number of halogens is 1. The highest BCUT2D eigenvalue weighted by atomic mass is 19.1. The van der Waals surface area contributed by atoms with Crippen LogP contribution in [0, 0.1) is 11.2 Å². The number of nitrogens with one attached hydrogen (secondary N) is 1. The monoisotopic (exact) mass is 458 g/mol. The van der Waals surface area contributed by atoms with Crippen LogP contribution in [0.25, 0.3) is 27.7 Å². The van der Waals surface area contributed by atoms with E-state index in [-0.39, 0.29) is 28.6 Å². The van der Waals surface area contributed by atoms with E-state index in [0.29, 0.717) is 27.7 Å². The number of rotatable bonds is 6. The number of nitrogens with zero attached hydrogens (tertiary/aromatic N) is 3. The number of aromatic nitrogens is 3. The molecular weight excluding hydrogens is 435 g/mol. The van der Waals surface area contributed by atoms with Crippen molar-refractivity contribution in [2.24, 2.45) is 0 Å². The SMILES string of the molecule is CC(=N)/C(=C(/C)O)c1cnc2c(-c3ccc(C(=O)O)cc3F)cn([C@@H](C)c3ccccn3)c2c1. The quantitative estimate of drug-likeness (QED) is 0.247. The summed E-state index contributed by atoms with van der Waals surface area (Å²) in [5.74, 6) is -1.88. The molecule has 0 fully saturated rings. The number of carboxylic acid groups (broad SMARTS) is 1. The van der Waals surface area contributed by atoms with Gasteiger partial charge in [0.1, 0.15) is 5.82 Å². The van der Waals surface area contributed by atoms with E-state index in [4.69, 9.17) is 5.41 Å². The number of aliphatic hydroxyl groups excluding tert-OH is 1. The topological polar surface area (TPSA) is 112 Å². The summed E-state index contributed by atoms with van der Waals surface area (Å²) >= 11 is 0. The van der Waals surface area contributed by atoms with Crippen LogP contribution in [-0.4, -0.2) is 36.4 Å². The van der Waals surface area contributed by atoms with Crippen LogP contribution in [-0.2, 0) is 0 Å². The first kappa shape index (κ1) is 22.8. The Morgan fingerprint density at radius 3 is 2.41 bits per heavy atom. The molecule has 0 spiro atoms. The van der Waals surface area contributed by atoms with Crippen LogP contribution < -0.4 is 0 Å². The van der Waals surface area contributed by atoms with Crippen LogP contribution in [0.4, 0.5) is 4.39 Å². The van der Waals surface area contributed by atoms with Crippen molar-refractivity contribution in [1.82, 2.24) is 14.5 Å². The molecule has 1 atom stereocenters. The van der Waals surface area contributed by atoms with Crippen molar-refractivity contribution < 1.29 is 19.4 Å². The third kappa shape index (κ3) is 4.05. The van der Waals surface area contributed by atoms with Gasteiger partial charge >= 0.3 is 5.97 Å². The first-order valence-electron chi connectivity index (χ1n) is 10.6. The molecule has 8 heteroatoms. The average molecular weight is 458 g/mol. The van der Waals surface area contributed by atoms with E-state index >= 15 is 0 Å². The Kier molecular flexibility index (Phi) is 5.98. The van der Waals surface area contributed by atoms with Gasteiger partial charge in [0.15, 0.2) is 0 Å². The summed E-state index contributed by atoms with van der Waals surface area (Å²) in [7, 11) is 0. The fourth-order valence-electron chi connectivity index (χ4n) is 4.11. The third-order valence-electron chi connectivity index (χ3n) is 5.73. The van der Waals surface area contributed by atoms with E-state index in [9.17, 15) is 19.4 Å². The summed E-state index contributed by atoms with van der Waals surface area (Å²) in [5.41, 5.74) is 3.64. The van der Waals surface area contributed by atoms with Gasteiger partial charge < -0.3 is 20.2 Å². The number of hydrogen-bond acceptors (Lipinski definition) is 5. The van der Waals surface area contributed by atoms with E-state index in [1.165, 1.54) is 25.3 Å². The van der Waals surface area contributed by atoms with Gasteiger partial charge in [-0.2, -0.15) is 0 Å². The smallest absolute Gasteiger partial charge is 0.335 e. The Hall–Kier alpha value is -4.33. The Balaban J connectivity index is 1.99. The normalized spacial score (nSPS) is 12.9. The second-order valence-corrected chi connectivity index (χ2v) is 8.06. The Morgan fingerprint density at radius 2 is 1.82 bits per heavy atom. The Morgan fingerprint density at radius 1 is 1.06 bits per heavy atom. The van der Waals surface area contributed by atoms with Crippen LogP contribution in [0.1, 0.15) is 48.4 Å². The molecule has 3 N–H and O–H groups in total. The summed E-state index contributed by atoms with van der Waals surface area (Å²) in [6, 6.07) is 10.9. The molecule has 4 rings (SSSR count). The van der Waals surface area contributed by atoms with Gasteiger partial charge in [-0.3, -0.25) is 9.97 Å². The fraction of sp³-hybridized carbons (Fsp3) is 0.154. The van der Waals surface area contributed by atoms with E-state index in [0.717, 1.165) is 11.8 Å². The van der Waals surface area contributed by atoms with Crippen LogP contribution in [0.2, 0.25) is 0 Å². The van der Waals surface area contributed by atoms with Crippen molar-refractivity contribution in [3.63, 3.8) is 0 Å². The number of hydrogen-bond donors (Lipinski definition) is 3. The van der Waals surface area contributed by atoms with Crippen molar-refractivity contribution in [2.75, 3.05) is 0 Å². The summed E-state index contributed by atoms with van der Waals surface area (Å²) in [5, 5.41) is 27.4. The van der Waals surface area contributed by atoms with E-state index in [1.54, 1.807) is 19.3 Å². The predicted octanol–water partition coefficient (Wildman–Crippen LogP) is 5.87. The molecule has 0 saturated carbocycles. The van der Waals surface area contributed by atoms with Gasteiger partial charge in [-0.05, 0) is 51.1 Å². The molecule has 0 bridgehead atoms. The maximum absolute atomic E-state index is 15.0. The number of fused-ring (bicyclic) bond motifs is 1. The standard InChI is InChI=1S/C26H23FN4O3/c1-14(28)24(16(3)32)18-11-23-25(30-12-18)20(19-8-7-17(26(33)34)10-21(19)27)13-31(23)15(2)22-6-4-5-9-29-22/h4-13,15,28,32H,1-3H3,(H,33,34)/b24-16+,28-14?/t15-/m0/s1. The van der Waals surface area contributed by atoms with Crippen LogP contribution in [0.15, 0.2) is 66.8 Å². The van der Waals surface area contributed by atoms with Crippen molar-refractivity contribution >= 4 is 28.3 Å². The summed E-state index contributed by atoms with van der Waals surface area (Å²) in [6.45, 7) is 5.05. The van der Waals surface area contributed by atoms with Crippen molar-refractivity contribution in [3.8, 4) is 11.1 Å². The molecule has 172 valence electrons. The number of carbonyl (C=O) groups is 1. The molecule has 0 saturated heterocycles. The van der Waals surface area contributed by atoms with Crippen molar-refractivity contribution in [2.45, 2.75) is 26.8 Å². The number of allylic oxidation sites excluding steroid dienone is 2. The average Bonchev–Trinajstić information content (AvgIpc) is 3.17. The minimum Gasteiger partial charge on any atom is -0.512 e. The zero-order valence-electron chi connectivity index (χ0n) is 18.9. The number of benzene rings is 1. The predicted molar refractivity (Wildman–Crippen MR) is 129 cm³/mol. The molecule has 1 aromatic carbocycles. The molecule has 4 aromatic rings. The van der Waals surface area contributed by atoms with Crippen LogP contribution in [0.5, 0.6) is 0 Å². The van der Waals surface area contributed by atoms with Gasteiger partial charge in [0.25, 0.3) is 0 Å². The molecule has 0 unspecified atom stereocenters. The summed E-state index contributed by atoms with van der Waals surface area (Å²) < 4.78 is 16.9. The molecule has 3 heterocycles. The third-order valence-corrected chi connectivity index (χ3v) is 5.73. The number of aromatic carboxylic acids is 1. The van der Waals surface area contributed by atoms with Gasteiger partial charge in [0, 0.05) is 46.6 Å². The molecule has 0 aliphatic carbocycles. The second kappa shape index (κ2) is 8.90. The zero-order chi connectivity index (χ0) is 24.6. The van der Waals surface area contributed by atoms with E-state index < -0.39 is 11.8 Å². The fourth-order valence-corrected chi connectivity index (χ4v) is 4.11. The maximum Gasteiger partial charge on any atom is 0.335 e. The Labute approximate surface area is 195 Å². The minimum absolute atomic E-state index is 0.0000537. The van der Waals surface area contributed by atoms with E-state index in [2.05, 4.69) is 9.97 Å². The van der Waals surface area contributed by atoms with Crippen LogP contribution >= 0.6 is 0 Å². The molecule has 0 radical (unpaired) electrons. The van der Waals surface area contributed by atoms with Crippen molar-refractivity contribution in [3.05, 3.63) is 89.5 Å². The van der Waals surface area contributed by atoms with Gasteiger partial charge in [-0.25, -0.2) is 9.18 Å². The lowest BCUT2D eigenvalue weighted by Gasteiger charge is -2.15. The van der Waals surface area contributed by atoms with Crippen LogP contribution in [0.3, 0.4) is 0 Å². The minimum atomic E-state index is -1.21. The van der Waals surface area contributed by atoms with E-state index in [1.807, 2.05) is 35.8 Å². The molecule has 3 aromatic heterocycles. The summed E-state index contributed by atoms with van der Waals surface area (Å²) in [4.78, 5) is 20.3. The van der Waals surface area contributed by atoms with Gasteiger partial charge in [0.2, 0.25) is 0 Å². The highest BCUT2D eigenvalue weighted by Crippen LogP contribution is 2.36. The summed E-state index contributed by atoms with van der Waals surface area (Å²) in [6.07, 6.45) is 5.01. The largest absolute Gasteiger partial charge is 0.512 e. The molecule has 34 heavy (non-hydrogen) atoms. The van der Waals surface area contributed by atoms with Gasteiger partial charge in [-0.15, -0.1) is 0 Å². The van der Waals surface area contributed by atoms with Crippen molar-refractivity contribution in [1.29, 1.82) is 5.41 Å². The zero-order valence-corrected chi connectivity index (χ0v) is 18.9.